The average Bonchev–Trinajstić information content (AvgIpc) is 2.34. The minimum atomic E-state index is -1.43. The standard InChI is InChI=1S/C13H10BrF2NO/c1-7-3-2-4-10(17-7)13(18)11-9(15)6-5-8(14)12(11)16/h2-6,13,18H,1H3. The lowest BCUT2D eigenvalue weighted by Gasteiger charge is -2.13. The molecule has 2 rings (SSSR count). The highest BCUT2D eigenvalue weighted by Gasteiger charge is 2.22. The number of hydrogen-bond donors (Lipinski definition) is 1. The molecule has 0 aliphatic carbocycles. The monoisotopic (exact) mass is 313 g/mol. The Bertz CT molecular complexity index is 589. The number of pyridine rings is 1. The van der Waals surface area contributed by atoms with E-state index in [0.717, 1.165) is 6.07 Å². The number of rotatable bonds is 2. The van der Waals surface area contributed by atoms with Gasteiger partial charge >= 0.3 is 0 Å². The van der Waals surface area contributed by atoms with Crippen molar-refractivity contribution in [2.75, 3.05) is 0 Å². The zero-order chi connectivity index (χ0) is 13.3. The maximum atomic E-state index is 13.8. The molecule has 1 unspecified atom stereocenters. The van der Waals surface area contributed by atoms with Gasteiger partial charge in [0, 0.05) is 5.69 Å². The molecule has 0 saturated heterocycles. The van der Waals surface area contributed by atoms with Gasteiger partial charge in [-0.1, -0.05) is 6.07 Å². The molecule has 94 valence electrons. The largest absolute Gasteiger partial charge is 0.382 e. The number of aliphatic hydroxyl groups is 1. The Morgan fingerprint density at radius 1 is 1.22 bits per heavy atom. The number of aryl methyl sites for hydroxylation is 1. The lowest BCUT2D eigenvalue weighted by atomic mass is 10.0. The van der Waals surface area contributed by atoms with Crippen molar-refractivity contribution in [3.8, 4) is 0 Å². The van der Waals surface area contributed by atoms with E-state index in [-0.39, 0.29) is 10.2 Å². The second-order valence-corrected chi connectivity index (χ2v) is 4.72. The van der Waals surface area contributed by atoms with Crippen LogP contribution in [0.4, 0.5) is 8.78 Å². The molecule has 5 heteroatoms. The zero-order valence-corrected chi connectivity index (χ0v) is 11.1. The number of benzene rings is 1. The van der Waals surface area contributed by atoms with Crippen LogP contribution in [-0.4, -0.2) is 10.1 Å². The second-order valence-electron chi connectivity index (χ2n) is 3.86. The lowest BCUT2D eigenvalue weighted by Crippen LogP contribution is -2.08. The molecule has 18 heavy (non-hydrogen) atoms. The third-order valence-corrected chi connectivity index (χ3v) is 3.16. The van der Waals surface area contributed by atoms with Crippen LogP contribution in [0.3, 0.4) is 0 Å². The van der Waals surface area contributed by atoms with Crippen LogP contribution in [0.25, 0.3) is 0 Å². The van der Waals surface area contributed by atoms with Gasteiger partial charge in [-0.05, 0) is 47.1 Å². The van der Waals surface area contributed by atoms with Crippen molar-refractivity contribution in [1.29, 1.82) is 0 Å². The minimum Gasteiger partial charge on any atom is -0.382 e. The third kappa shape index (κ3) is 2.42. The predicted octanol–water partition coefficient (Wildman–Crippen LogP) is 3.51. The van der Waals surface area contributed by atoms with Gasteiger partial charge in [0.15, 0.2) is 0 Å². The Labute approximate surface area is 111 Å². The number of aromatic nitrogens is 1. The normalized spacial score (nSPS) is 12.5. The summed E-state index contributed by atoms with van der Waals surface area (Å²) in [5, 5.41) is 10.0. The van der Waals surface area contributed by atoms with Crippen LogP contribution in [-0.2, 0) is 0 Å². The summed E-state index contributed by atoms with van der Waals surface area (Å²) in [6, 6.07) is 7.29. The van der Waals surface area contributed by atoms with Crippen molar-refractivity contribution in [3.63, 3.8) is 0 Å². The van der Waals surface area contributed by atoms with Gasteiger partial charge in [0.1, 0.15) is 17.7 Å². The molecule has 1 atom stereocenters. The molecule has 0 saturated carbocycles. The highest BCUT2D eigenvalue weighted by Crippen LogP contribution is 2.29. The molecule has 0 amide bonds. The summed E-state index contributed by atoms with van der Waals surface area (Å²) in [7, 11) is 0. The van der Waals surface area contributed by atoms with E-state index in [9.17, 15) is 13.9 Å². The molecule has 0 aliphatic heterocycles. The molecular weight excluding hydrogens is 304 g/mol. The van der Waals surface area contributed by atoms with Crippen LogP contribution in [0.5, 0.6) is 0 Å². The molecule has 0 aliphatic rings. The fraction of sp³-hybridized carbons (Fsp3) is 0.154. The molecule has 2 nitrogen and oxygen atoms in total. The Balaban J connectivity index is 2.52. The van der Waals surface area contributed by atoms with E-state index in [1.165, 1.54) is 12.1 Å². The Hall–Kier alpha value is -1.33. The molecule has 0 fully saturated rings. The second kappa shape index (κ2) is 5.12. The van der Waals surface area contributed by atoms with Gasteiger partial charge < -0.3 is 5.11 Å². The van der Waals surface area contributed by atoms with Crippen molar-refractivity contribution >= 4 is 15.9 Å². The summed E-state index contributed by atoms with van der Waals surface area (Å²) in [5.74, 6) is -1.61. The first-order chi connectivity index (χ1) is 8.50. The Morgan fingerprint density at radius 3 is 2.61 bits per heavy atom. The van der Waals surface area contributed by atoms with Crippen LogP contribution in [0.2, 0.25) is 0 Å². The average molecular weight is 314 g/mol. The van der Waals surface area contributed by atoms with E-state index < -0.39 is 23.3 Å². The first kappa shape index (κ1) is 13.1. The van der Waals surface area contributed by atoms with Crippen molar-refractivity contribution < 1.29 is 13.9 Å². The number of nitrogens with zero attached hydrogens (tertiary/aromatic N) is 1. The molecule has 1 heterocycles. The SMILES string of the molecule is Cc1cccc(C(O)c2c(F)ccc(Br)c2F)n1. The fourth-order valence-electron chi connectivity index (χ4n) is 1.66. The molecule has 0 radical (unpaired) electrons. The number of hydrogen-bond acceptors (Lipinski definition) is 2. The molecular formula is C13H10BrF2NO. The van der Waals surface area contributed by atoms with Gasteiger partial charge in [0.25, 0.3) is 0 Å². The summed E-state index contributed by atoms with van der Waals surface area (Å²) >= 11 is 2.96. The van der Waals surface area contributed by atoms with Crippen LogP contribution < -0.4 is 0 Å². The Morgan fingerprint density at radius 2 is 1.94 bits per heavy atom. The lowest BCUT2D eigenvalue weighted by molar-refractivity contribution is 0.204. The number of halogens is 3. The van der Waals surface area contributed by atoms with Crippen molar-refractivity contribution in [3.05, 3.63) is 63.4 Å². The highest BCUT2D eigenvalue weighted by atomic mass is 79.9. The minimum absolute atomic E-state index is 0.102. The highest BCUT2D eigenvalue weighted by molar-refractivity contribution is 9.10. The van der Waals surface area contributed by atoms with Crippen LogP contribution in [0.15, 0.2) is 34.8 Å². The summed E-state index contributed by atoms with van der Waals surface area (Å²) < 4.78 is 27.5. The molecule has 0 spiro atoms. The van der Waals surface area contributed by atoms with Crippen LogP contribution in [0, 0.1) is 18.6 Å². The maximum Gasteiger partial charge on any atom is 0.146 e. The molecule has 0 bridgehead atoms. The molecule has 1 N–H and O–H groups in total. The predicted molar refractivity (Wildman–Crippen MR) is 67.1 cm³/mol. The van der Waals surface area contributed by atoms with Gasteiger partial charge in [0.2, 0.25) is 0 Å². The van der Waals surface area contributed by atoms with Gasteiger partial charge in [-0.25, -0.2) is 8.78 Å². The first-order valence-corrected chi connectivity index (χ1v) is 6.05. The van der Waals surface area contributed by atoms with Crippen LogP contribution >= 0.6 is 15.9 Å². The van der Waals surface area contributed by atoms with Gasteiger partial charge in [-0.15, -0.1) is 0 Å². The topological polar surface area (TPSA) is 33.1 Å². The van der Waals surface area contributed by atoms with Crippen molar-refractivity contribution in [2.45, 2.75) is 13.0 Å². The van der Waals surface area contributed by atoms with Crippen molar-refractivity contribution in [1.82, 2.24) is 4.98 Å². The molecule has 2 aromatic rings. The summed E-state index contributed by atoms with van der Waals surface area (Å²) in [5.41, 5.74) is 0.482. The molecule has 1 aromatic heterocycles. The quantitative estimate of drug-likeness (QED) is 0.861. The van der Waals surface area contributed by atoms with E-state index in [1.54, 1.807) is 19.1 Å². The van der Waals surface area contributed by atoms with Gasteiger partial charge in [-0.3, -0.25) is 4.98 Å². The zero-order valence-electron chi connectivity index (χ0n) is 9.49. The molecule has 1 aromatic carbocycles. The third-order valence-electron chi connectivity index (χ3n) is 2.54. The van der Waals surface area contributed by atoms with E-state index in [0.29, 0.717) is 5.69 Å². The van der Waals surface area contributed by atoms with E-state index in [4.69, 9.17) is 0 Å². The van der Waals surface area contributed by atoms with Gasteiger partial charge in [-0.2, -0.15) is 0 Å². The van der Waals surface area contributed by atoms with Crippen LogP contribution in [0.1, 0.15) is 23.1 Å². The number of aliphatic hydroxyl groups excluding tert-OH is 1. The maximum absolute atomic E-state index is 13.8. The van der Waals surface area contributed by atoms with Gasteiger partial charge in [0.05, 0.1) is 15.7 Å². The first-order valence-electron chi connectivity index (χ1n) is 5.25. The Kier molecular flexibility index (Phi) is 3.73. The fourth-order valence-corrected chi connectivity index (χ4v) is 2.00. The van der Waals surface area contributed by atoms with E-state index >= 15 is 0 Å². The summed E-state index contributed by atoms with van der Waals surface area (Å²) in [6.45, 7) is 1.74. The van der Waals surface area contributed by atoms with Crippen molar-refractivity contribution in [2.24, 2.45) is 0 Å². The van der Waals surface area contributed by atoms with E-state index in [1.807, 2.05) is 0 Å². The summed E-state index contributed by atoms with van der Waals surface area (Å²) in [4.78, 5) is 4.06. The summed E-state index contributed by atoms with van der Waals surface area (Å²) in [6.07, 6.45) is -1.43. The van der Waals surface area contributed by atoms with E-state index in [2.05, 4.69) is 20.9 Å². The smallest absolute Gasteiger partial charge is 0.146 e.